The van der Waals surface area contributed by atoms with Gasteiger partial charge < -0.3 is 15.2 Å². The molecule has 0 aliphatic heterocycles. The maximum atomic E-state index is 10.8. The molecule has 0 aliphatic carbocycles. The van der Waals surface area contributed by atoms with Gasteiger partial charge in [0.15, 0.2) is 0 Å². The number of aliphatic hydroxyl groups is 1. The summed E-state index contributed by atoms with van der Waals surface area (Å²) in [6.07, 6.45) is 3.05. The maximum Gasteiger partial charge on any atom is 0.330 e. The number of esters is 1. The molecule has 0 fully saturated rings. The Kier molecular flexibility index (Phi) is 5.08. The summed E-state index contributed by atoms with van der Waals surface area (Å²) in [6.45, 7) is 0.626. The zero-order valence-corrected chi connectivity index (χ0v) is 9.14. The van der Waals surface area contributed by atoms with Crippen LogP contribution in [0.2, 0.25) is 0 Å². The zero-order valence-electron chi connectivity index (χ0n) is 9.14. The first kappa shape index (κ1) is 12.3. The topological polar surface area (TPSA) is 58.6 Å². The molecule has 1 aromatic carbocycles. The third-order valence-corrected chi connectivity index (χ3v) is 1.96. The molecule has 1 aromatic rings. The van der Waals surface area contributed by atoms with E-state index in [4.69, 9.17) is 5.11 Å². The minimum Gasteiger partial charge on any atom is -0.466 e. The van der Waals surface area contributed by atoms with Gasteiger partial charge in [0, 0.05) is 18.3 Å². The molecule has 0 saturated heterocycles. The monoisotopic (exact) mass is 221 g/mol. The van der Waals surface area contributed by atoms with Crippen LogP contribution in [0.1, 0.15) is 5.56 Å². The molecular weight excluding hydrogens is 206 g/mol. The second-order valence-electron chi connectivity index (χ2n) is 3.13. The van der Waals surface area contributed by atoms with Gasteiger partial charge in [-0.15, -0.1) is 0 Å². The number of carbonyl (C=O) groups is 1. The van der Waals surface area contributed by atoms with Crippen LogP contribution in [-0.2, 0) is 9.53 Å². The molecule has 86 valence electrons. The fourth-order valence-electron chi connectivity index (χ4n) is 1.14. The number of rotatable bonds is 5. The first-order valence-electron chi connectivity index (χ1n) is 4.97. The predicted molar refractivity (Wildman–Crippen MR) is 63.1 cm³/mol. The summed E-state index contributed by atoms with van der Waals surface area (Å²) in [6, 6.07) is 7.51. The first-order valence-corrected chi connectivity index (χ1v) is 4.97. The highest BCUT2D eigenvalue weighted by molar-refractivity contribution is 5.86. The van der Waals surface area contributed by atoms with E-state index in [2.05, 4.69) is 10.1 Å². The number of hydrogen-bond donors (Lipinski definition) is 2. The fourth-order valence-corrected chi connectivity index (χ4v) is 1.14. The second-order valence-corrected chi connectivity index (χ2v) is 3.13. The van der Waals surface area contributed by atoms with Crippen LogP contribution in [-0.4, -0.2) is 31.3 Å². The Labute approximate surface area is 94.6 Å². The summed E-state index contributed by atoms with van der Waals surface area (Å²) in [7, 11) is 1.34. The fraction of sp³-hybridized carbons (Fsp3) is 0.250. The van der Waals surface area contributed by atoms with Crippen molar-refractivity contribution in [3.05, 3.63) is 35.9 Å². The summed E-state index contributed by atoms with van der Waals surface area (Å²) in [5.41, 5.74) is 1.85. The quantitative estimate of drug-likeness (QED) is 0.581. The lowest BCUT2D eigenvalue weighted by Gasteiger charge is -2.03. The third-order valence-electron chi connectivity index (χ3n) is 1.96. The maximum absolute atomic E-state index is 10.8. The standard InChI is InChI=1S/C12H15NO3/c1-16-12(15)7-4-10-2-5-11(6-3-10)13-8-9-14/h2-7,13-14H,8-9H2,1H3/b7-4+. The first-order chi connectivity index (χ1) is 7.76. The Morgan fingerprint density at radius 1 is 1.44 bits per heavy atom. The number of anilines is 1. The molecule has 0 spiro atoms. The highest BCUT2D eigenvalue weighted by atomic mass is 16.5. The summed E-state index contributed by atoms with van der Waals surface area (Å²) in [5.74, 6) is -0.373. The van der Waals surface area contributed by atoms with Crippen molar-refractivity contribution in [2.45, 2.75) is 0 Å². The van der Waals surface area contributed by atoms with Gasteiger partial charge in [0.25, 0.3) is 0 Å². The summed E-state index contributed by atoms with van der Waals surface area (Å²) in [4.78, 5) is 10.8. The Morgan fingerprint density at radius 2 is 2.12 bits per heavy atom. The Balaban J connectivity index is 2.57. The van der Waals surface area contributed by atoms with E-state index in [1.54, 1.807) is 6.08 Å². The van der Waals surface area contributed by atoms with E-state index >= 15 is 0 Å². The van der Waals surface area contributed by atoms with Crippen molar-refractivity contribution in [1.29, 1.82) is 0 Å². The number of hydrogen-bond acceptors (Lipinski definition) is 4. The molecule has 0 atom stereocenters. The molecule has 16 heavy (non-hydrogen) atoms. The van der Waals surface area contributed by atoms with Crippen LogP contribution in [0.15, 0.2) is 30.3 Å². The Bertz CT molecular complexity index is 357. The van der Waals surface area contributed by atoms with Crippen LogP contribution in [0.25, 0.3) is 6.08 Å². The molecule has 0 aliphatic rings. The third kappa shape index (κ3) is 4.14. The van der Waals surface area contributed by atoms with E-state index in [1.165, 1.54) is 13.2 Å². The smallest absolute Gasteiger partial charge is 0.330 e. The van der Waals surface area contributed by atoms with E-state index in [1.807, 2.05) is 24.3 Å². The zero-order chi connectivity index (χ0) is 11.8. The van der Waals surface area contributed by atoms with Gasteiger partial charge >= 0.3 is 5.97 Å². The van der Waals surface area contributed by atoms with Crippen LogP contribution in [0.5, 0.6) is 0 Å². The number of nitrogens with one attached hydrogen (secondary N) is 1. The molecule has 0 radical (unpaired) electrons. The number of carbonyl (C=O) groups excluding carboxylic acids is 1. The van der Waals surface area contributed by atoms with Gasteiger partial charge in [-0.25, -0.2) is 4.79 Å². The Hall–Kier alpha value is -1.81. The van der Waals surface area contributed by atoms with Gasteiger partial charge in [-0.3, -0.25) is 0 Å². The van der Waals surface area contributed by atoms with Crippen molar-refractivity contribution in [2.75, 3.05) is 25.6 Å². The lowest BCUT2D eigenvalue weighted by Crippen LogP contribution is -2.04. The van der Waals surface area contributed by atoms with Gasteiger partial charge in [-0.1, -0.05) is 12.1 Å². The lowest BCUT2D eigenvalue weighted by atomic mass is 10.2. The van der Waals surface area contributed by atoms with E-state index in [-0.39, 0.29) is 12.6 Å². The average molecular weight is 221 g/mol. The van der Waals surface area contributed by atoms with Crippen LogP contribution in [0, 0.1) is 0 Å². The van der Waals surface area contributed by atoms with Gasteiger partial charge in [-0.05, 0) is 23.8 Å². The highest BCUT2D eigenvalue weighted by Gasteiger charge is 1.93. The molecular formula is C12H15NO3. The molecule has 4 heteroatoms. The largest absolute Gasteiger partial charge is 0.466 e. The number of benzene rings is 1. The molecule has 4 nitrogen and oxygen atoms in total. The molecule has 0 saturated carbocycles. The van der Waals surface area contributed by atoms with Crippen molar-refractivity contribution in [1.82, 2.24) is 0 Å². The van der Waals surface area contributed by atoms with Gasteiger partial charge in [0.1, 0.15) is 0 Å². The molecule has 0 aromatic heterocycles. The molecule has 1 rings (SSSR count). The van der Waals surface area contributed by atoms with Gasteiger partial charge in [-0.2, -0.15) is 0 Å². The van der Waals surface area contributed by atoms with E-state index in [0.717, 1.165) is 11.3 Å². The van der Waals surface area contributed by atoms with Gasteiger partial charge in [0.05, 0.1) is 13.7 Å². The van der Waals surface area contributed by atoms with Gasteiger partial charge in [0.2, 0.25) is 0 Å². The summed E-state index contributed by atoms with van der Waals surface area (Å²) in [5, 5.41) is 11.7. The molecule has 0 bridgehead atoms. The minimum absolute atomic E-state index is 0.101. The molecule has 0 amide bonds. The minimum atomic E-state index is -0.373. The van der Waals surface area contributed by atoms with Crippen molar-refractivity contribution in [2.24, 2.45) is 0 Å². The van der Waals surface area contributed by atoms with E-state index in [9.17, 15) is 4.79 Å². The SMILES string of the molecule is COC(=O)/C=C/c1ccc(NCCO)cc1. The molecule has 0 heterocycles. The van der Waals surface area contributed by atoms with Crippen LogP contribution >= 0.6 is 0 Å². The number of methoxy groups -OCH3 is 1. The van der Waals surface area contributed by atoms with Crippen LogP contribution in [0.4, 0.5) is 5.69 Å². The van der Waals surface area contributed by atoms with E-state index in [0.29, 0.717) is 6.54 Å². The molecule has 0 unspecified atom stereocenters. The average Bonchev–Trinajstić information content (AvgIpc) is 2.34. The highest BCUT2D eigenvalue weighted by Crippen LogP contribution is 2.10. The number of ether oxygens (including phenoxy) is 1. The van der Waals surface area contributed by atoms with Crippen molar-refractivity contribution in [3.8, 4) is 0 Å². The van der Waals surface area contributed by atoms with Crippen molar-refractivity contribution in [3.63, 3.8) is 0 Å². The van der Waals surface area contributed by atoms with Crippen molar-refractivity contribution < 1.29 is 14.6 Å². The lowest BCUT2D eigenvalue weighted by molar-refractivity contribution is -0.134. The summed E-state index contributed by atoms with van der Waals surface area (Å²) >= 11 is 0. The van der Waals surface area contributed by atoms with Crippen LogP contribution in [0.3, 0.4) is 0 Å². The van der Waals surface area contributed by atoms with Crippen molar-refractivity contribution >= 4 is 17.7 Å². The second kappa shape index (κ2) is 6.63. The summed E-state index contributed by atoms with van der Waals surface area (Å²) < 4.78 is 4.48. The number of aliphatic hydroxyl groups excluding tert-OH is 1. The normalized spacial score (nSPS) is 10.4. The molecule has 2 N–H and O–H groups in total. The van der Waals surface area contributed by atoms with E-state index < -0.39 is 0 Å². The Morgan fingerprint density at radius 3 is 2.69 bits per heavy atom. The predicted octanol–water partition coefficient (Wildman–Crippen LogP) is 1.28. The van der Waals surface area contributed by atoms with Crippen LogP contribution < -0.4 is 5.32 Å².